The largest absolute Gasteiger partial charge is 0.459 e. The molecule has 0 amide bonds. The summed E-state index contributed by atoms with van der Waals surface area (Å²) in [5, 5.41) is 3.27. The molecule has 2 heterocycles. The summed E-state index contributed by atoms with van der Waals surface area (Å²) in [5.41, 5.74) is 2.28. The molecule has 2 unspecified atom stereocenters. The van der Waals surface area contributed by atoms with Crippen LogP contribution in [0.1, 0.15) is 57.9 Å². The Bertz CT molecular complexity index is 940. The van der Waals surface area contributed by atoms with Gasteiger partial charge in [-0.05, 0) is 37.7 Å². The Morgan fingerprint density at radius 1 is 1.30 bits per heavy atom. The molecule has 0 radical (unpaired) electrons. The Kier molecular flexibility index (Phi) is 5.53. The number of hydrogen-bond acceptors (Lipinski definition) is 5. The SMILES string of the molecule is CC1=C(C(=O)OCC2CCCO2)C(c2ccccc2F)C2=C(CC(C)(C)CC2=O)N1. The first-order valence-electron chi connectivity index (χ1n) is 10.5. The van der Waals surface area contributed by atoms with Gasteiger partial charge in [0.05, 0.1) is 17.6 Å². The first kappa shape index (κ1) is 20.8. The van der Waals surface area contributed by atoms with Gasteiger partial charge < -0.3 is 14.8 Å². The summed E-state index contributed by atoms with van der Waals surface area (Å²) >= 11 is 0. The van der Waals surface area contributed by atoms with Crippen LogP contribution < -0.4 is 5.32 Å². The first-order chi connectivity index (χ1) is 14.3. The highest BCUT2D eigenvalue weighted by Crippen LogP contribution is 2.47. The van der Waals surface area contributed by atoms with Gasteiger partial charge in [0, 0.05) is 35.6 Å². The van der Waals surface area contributed by atoms with Crippen molar-refractivity contribution in [3.8, 4) is 0 Å². The quantitative estimate of drug-likeness (QED) is 0.752. The Labute approximate surface area is 176 Å². The fourth-order valence-electron chi connectivity index (χ4n) is 4.75. The van der Waals surface area contributed by atoms with Crippen molar-refractivity contribution >= 4 is 11.8 Å². The molecular weight excluding hydrogens is 385 g/mol. The highest BCUT2D eigenvalue weighted by molar-refractivity contribution is 6.04. The standard InChI is InChI=1S/C24H28FNO4/c1-14-20(23(28)30-13-15-7-6-10-29-15)21(16-8-4-5-9-17(16)25)22-18(26-14)11-24(2,3)12-19(22)27/h4-5,8-9,15,21,26H,6-7,10-13H2,1-3H3. The number of carbonyl (C=O) groups excluding carboxylic acids is 2. The summed E-state index contributed by atoms with van der Waals surface area (Å²) in [4.78, 5) is 26.3. The third-order valence-corrected chi connectivity index (χ3v) is 6.10. The number of hydrogen-bond donors (Lipinski definition) is 1. The van der Waals surface area contributed by atoms with Gasteiger partial charge in [0.15, 0.2) is 5.78 Å². The van der Waals surface area contributed by atoms with Crippen molar-refractivity contribution in [2.75, 3.05) is 13.2 Å². The van der Waals surface area contributed by atoms with E-state index in [0.29, 0.717) is 41.9 Å². The molecule has 1 aromatic rings. The van der Waals surface area contributed by atoms with Crippen molar-refractivity contribution in [1.29, 1.82) is 0 Å². The second kappa shape index (κ2) is 7.99. The molecule has 1 saturated heterocycles. The van der Waals surface area contributed by atoms with E-state index in [0.717, 1.165) is 18.5 Å². The molecule has 1 aliphatic carbocycles. The molecule has 2 aliphatic heterocycles. The molecule has 160 valence electrons. The number of Topliss-reactive ketones (excluding diaryl/α,β-unsaturated/α-hetero) is 1. The molecule has 0 bridgehead atoms. The van der Waals surface area contributed by atoms with E-state index in [-0.39, 0.29) is 23.9 Å². The van der Waals surface area contributed by atoms with Crippen molar-refractivity contribution in [2.45, 2.75) is 58.5 Å². The number of dihydropyridines is 1. The Balaban J connectivity index is 1.73. The van der Waals surface area contributed by atoms with Gasteiger partial charge in [-0.25, -0.2) is 9.18 Å². The summed E-state index contributed by atoms with van der Waals surface area (Å²) in [6.07, 6.45) is 2.71. The second-order valence-corrected chi connectivity index (χ2v) is 9.18. The van der Waals surface area contributed by atoms with E-state index < -0.39 is 17.7 Å². The third kappa shape index (κ3) is 3.93. The Morgan fingerprint density at radius 2 is 2.07 bits per heavy atom. The molecule has 1 fully saturated rings. The zero-order valence-corrected chi connectivity index (χ0v) is 17.7. The topological polar surface area (TPSA) is 64.6 Å². The summed E-state index contributed by atoms with van der Waals surface area (Å²) in [5.74, 6) is -1.80. The average Bonchev–Trinajstić information content (AvgIpc) is 3.18. The highest BCUT2D eigenvalue weighted by Gasteiger charge is 2.44. The van der Waals surface area contributed by atoms with E-state index in [1.165, 1.54) is 6.07 Å². The average molecular weight is 413 g/mol. The van der Waals surface area contributed by atoms with Crippen LogP contribution in [0, 0.1) is 11.2 Å². The van der Waals surface area contributed by atoms with E-state index in [1.54, 1.807) is 25.1 Å². The van der Waals surface area contributed by atoms with Crippen molar-refractivity contribution in [1.82, 2.24) is 5.32 Å². The number of halogens is 1. The maximum atomic E-state index is 14.9. The van der Waals surface area contributed by atoms with Crippen LogP contribution in [0.3, 0.4) is 0 Å². The minimum atomic E-state index is -0.775. The van der Waals surface area contributed by atoms with Gasteiger partial charge in [-0.3, -0.25) is 4.79 Å². The van der Waals surface area contributed by atoms with E-state index in [1.807, 2.05) is 13.8 Å². The Morgan fingerprint density at radius 3 is 2.77 bits per heavy atom. The summed E-state index contributed by atoms with van der Waals surface area (Å²) in [6.45, 7) is 6.69. The van der Waals surface area contributed by atoms with Crippen LogP contribution in [0.15, 0.2) is 46.8 Å². The molecule has 1 N–H and O–H groups in total. The third-order valence-electron chi connectivity index (χ3n) is 6.10. The molecule has 2 atom stereocenters. The number of rotatable bonds is 4. The second-order valence-electron chi connectivity index (χ2n) is 9.18. The molecule has 0 spiro atoms. The number of ketones is 1. The fourth-order valence-corrected chi connectivity index (χ4v) is 4.75. The molecular formula is C24H28FNO4. The van der Waals surface area contributed by atoms with Crippen LogP contribution in [0.25, 0.3) is 0 Å². The molecule has 6 heteroatoms. The van der Waals surface area contributed by atoms with E-state index in [9.17, 15) is 14.0 Å². The van der Waals surface area contributed by atoms with Crippen molar-refractivity contribution in [3.05, 3.63) is 58.2 Å². The van der Waals surface area contributed by atoms with Crippen LogP contribution >= 0.6 is 0 Å². The summed E-state index contributed by atoms with van der Waals surface area (Å²) in [6, 6.07) is 6.33. The summed E-state index contributed by atoms with van der Waals surface area (Å²) in [7, 11) is 0. The maximum Gasteiger partial charge on any atom is 0.336 e. The van der Waals surface area contributed by atoms with E-state index in [4.69, 9.17) is 9.47 Å². The predicted molar refractivity (Wildman–Crippen MR) is 110 cm³/mol. The van der Waals surface area contributed by atoms with Gasteiger partial charge >= 0.3 is 5.97 Å². The zero-order chi connectivity index (χ0) is 21.5. The van der Waals surface area contributed by atoms with Crippen molar-refractivity contribution < 1.29 is 23.5 Å². The van der Waals surface area contributed by atoms with Gasteiger partial charge in [0.25, 0.3) is 0 Å². The van der Waals surface area contributed by atoms with Crippen LogP contribution in [-0.2, 0) is 19.1 Å². The predicted octanol–water partition coefficient (Wildman–Crippen LogP) is 4.15. The van der Waals surface area contributed by atoms with Crippen LogP contribution in [-0.4, -0.2) is 31.1 Å². The zero-order valence-electron chi connectivity index (χ0n) is 17.7. The van der Waals surface area contributed by atoms with Gasteiger partial charge in [-0.15, -0.1) is 0 Å². The number of benzene rings is 1. The molecule has 5 nitrogen and oxygen atoms in total. The van der Waals surface area contributed by atoms with Crippen molar-refractivity contribution in [3.63, 3.8) is 0 Å². The van der Waals surface area contributed by atoms with Gasteiger partial charge in [-0.2, -0.15) is 0 Å². The number of allylic oxidation sites excluding steroid dienone is 3. The summed E-state index contributed by atoms with van der Waals surface area (Å²) < 4.78 is 26.0. The van der Waals surface area contributed by atoms with E-state index in [2.05, 4.69) is 5.32 Å². The molecule has 0 saturated carbocycles. The molecule has 1 aromatic carbocycles. The number of carbonyl (C=O) groups is 2. The Hall–Kier alpha value is -2.47. The lowest BCUT2D eigenvalue weighted by molar-refractivity contribution is -0.142. The van der Waals surface area contributed by atoms with Gasteiger partial charge in [-0.1, -0.05) is 32.0 Å². The molecule has 3 aliphatic rings. The molecule has 0 aromatic heterocycles. The minimum Gasteiger partial charge on any atom is -0.459 e. The lowest BCUT2D eigenvalue weighted by Gasteiger charge is -2.39. The minimum absolute atomic E-state index is 0.0565. The lowest BCUT2D eigenvalue weighted by Crippen LogP contribution is -2.39. The maximum absolute atomic E-state index is 14.9. The monoisotopic (exact) mass is 413 g/mol. The molecule has 4 rings (SSSR count). The van der Waals surface area contributed by atoms with Gasteiger partial charge in [0.1, 0.15) is 12.4 Å². The van der Waals surface area contributed by atoms with Crippen molar-refractivity contribution in [2.24, 2.45) is 5.41 Å². The smallest absolute Gasteiger partial charge is 0.336 e. The highest BCUT2D eigenvalue weighted by atomic mass is 19.1. The van der Waals surface area contributed by atoms with E-state index >= 15 is 0 Å². The van der Waals surface area contributed by atoms with Crippen LogP contribution in [0.5, 0.6) is 0 Å². The fraction of sp³-hybridized carbons (Fsp3) is 0.500. The van der Waals surface area contributed by atoms with Crippen LogP contribution in [0.2, 0.25) is 0 Å². The molecule has 30 heavy (non-hydrogen) atoms. The number of nitrogens with one attached hydrogen (secondary N) is 1. The number of ether oxygens (including phenoxy) is 2. The van der Waals surface area contributed by atoms with Crippen LogP contribution in [0.4, 0.5) is 4.39 Å². The first-order valence-corrected chi connectivity index (χ1v) is 10.5. The number of esters is 1. The lowest BCUT2D eigenvalue weighted by atomic mass is 9.68. The van der Waals surface area contributed by atoms with Gasteiger partial charge in [0.2, 0.25) is 0 Å². The normalized spacial score (nSPS) is 25.8.